The average Bonchev–Trinajstić information content (AvgIpc) is 2.99. The highest BCUT2D eigenvalue weighted by Gasteiger charge is 2.12. The van der Waals surface area contributed by atoms with Gasteiger partial charge in [0.15, 0.2) is 5.65 Å². The zero-order chi connectivity index (χ0) is 17.4. The van der Waals surface area contributed by atoms with Crippen molar-refractivity contribution in [3.8, 4) is 11.1 Å². The van der Waals surface area contributed by atoms with Crippen molar-refractivity contribution in [3.05, 3.63) is 77.1 Å². The normalized spacial score (nSPS) is 11.0. The Morgan fingerprint density at radius 1 is 1.00 bits per heavy atom. The van der Waals surface area contributed by atoms with Crippen molar-refractivity contribution in [1.29, 1.82) is 0 Å². The molecule has 0 atom stereocenters. The molecule has 0 saturated carbocycles. The molecule has 4 aromatic rings. The van der Waals surface area contributed by atoms with Gasteiger partial charge < -0.3 is 5.32 Å². The smallest absolute Gasteiger partial charge is 0.165 e. The van der Waals surface area contributed by atoms with Gasteiger partial charge in [0.1, 0.15) is 5.82 Å². The van der Waals surface area contributed by atoms with Crippen molar-refractivity contribution in [2.75, 3.05) is 5.32 Å². The van der Waals surface area contributed by atoms with Crippen LogP contribution in [0.2, 0.25) is 5.02 Å². The maximum absolute atomic E-state index is 6.00. The minimum Gasteiger partial charge on any atom is -0.340 e. The quantitative estimate of drug-likeness (QED) is 0.538. The first kappa shape index (κ1) is 15.7. The SMILES string of the molecule is Cc1cccc(Nc2cc(C)nc3c(-c4ccc(Cl)cc4)cnn23)c1. The lowest BCUT2D eigenvalue weighted by molar-refractivity contribution is 0.938. The Kier molecular flexibility index (Phi) is 3.90. The number of benzene rings is 2. The first-order chi connectivity index (χ1) is 12.1. The third-order valence-corrected chi connectivity index (χ3v) is 4.30. The van der Waals surface area contributed by atoms with E-state index in [0.717, 1.165) is 34.0 Å². The van der Waals surface area contributed by atoms with E-state index in [9.17, 15) is 0 Å². The third-order valence-electron chi connectivity index (χ3n) is 4.05. The minimum absolute atomic E-state index is 0.714. The van der Waals surface area contributed by atoms with Crippen LogP contribution in [0.5, 0.6) is 0 Å². The molecule has 0 aliphatic carbocycles. The largest absolute Gasteiger partial charge is 0.340 e. The van der Waals surface area contributed by atoms with E-state index in [0.29, 0.717) is 5.02 Å². The molecule has 2 aromatic carbocycles. The molecule has 0 saturated heterocycles. The molecule has 0 spiro atoms. The molecular weight excluding hydrogens is 332 g/mol. The molecule has 124 valence electrons. The van der Waals surface area contributed by atoms with Crippen LogP contribution in [-0.4, -0.2) is 14.6 Å². The van der Waals surface area contributed by atoms with Crippen LogP contribution in [-0.2, 0) is 0 Å². The molecule has 0 aliphatic rings. The number of rotatable bonds is 3. The number of aryl methyl sites for hydroxylation is 2. The van der Waals surface area contributed by atoms with Gasteiger partial charge in [-0.1, -0.05) is 35.9 Å². The van der Waals surface area contributed by atoms with Crippen LogP contribution in [0, 0.1) is 13.8 Å². The molecule has 0 amide bonds. The Balaban J connectivity index is 1.82. The molecule has 0 bridgehead atoms. The van der Waals surface area contributed by atoms with E-state index in [4.69, 9.17) is 11.6 Å². The van der Waals surface area contributed by atoms with Gasteiger partial charge >= 0.3 is 0 Å². The summed E-state index contributed by atoms with van der Waals surface area (Å²) in [5, 5.41) is 8.69. The zero-order valence-electron chi connectivity index (χ0n) is 14.0. The number of nitrogens with one attached hydrogen (secondary N) is 1. The van der Waals surface area contributed by atoms with Crippen molar-refractivity contribution in [2.45, 2.75) is 13.8 Å². The monoisotopic (exact) mass is 348 g/mol. The summed E-state index contributed by atoms with van der Waals surface area (Å²) in [6, 6.07) is 18.0. The summed E-state index contributed by atoms with van der Waals surface area (Å²) in [6.07, 6.45) is 1.84. The maximum atomic E-state index is 6.00. The Morgan fingerprint density at radius 3 is 2.56 bits per heavy atom. The average molecular weight is 349 g/mol. The molecule has 0 unspecified atom stereocenters. The second kappa shape index (κ2) is 6.22. The van der Waals surface area contributed by atoms with Gasteiger partial charge in [-0.15, -0.1) is 0 Å². The second-order valence-corrected chi connectivity index (χ2v) is 6.51. The topological polar surface area (TPSA) is 42.2 Å². The maximum Gasteiger partial charge on any atom is 0.165 e. The highest BCUT2D eigenvalue weighted by Crippen LogP contribution is 2.28. The number of hydrogen-bond donors (Lipinski definition) is 1. The summed E-state index contributed by atoms with van der Waals surface area (Å²) in [5.74, 6) is 0.883. The molecule has 25 heavy (non-hydrogen) atoms. The Hall–Kier alpha value is -2.85. The fraction of sp³-hybridized carbons (Fsp3) is 0.100. The molecule has 5 heteroatoms. The van der Waals surface area contributed by atoms with Crippen LogP contribution in [0.25, 0.3) is 16.8 Å². The molecule has 1 N–H and O–H groups in total. The number of halogens is 1. The first-order valence-electron chi connectivity index (χ1n) is 8.05. The molecule has 2 heterocycles. The molecule has 0 radical (unpaired) electrons. The number of anilines is 2. The Labute approximate surface area is 151 Å². The van der Waals surface area contributed by atoms with Crippen molar-refractivity contribution < 1.29 is 0 Å². The molecule has 0 aliphatic heterocycles. The highest BCUT2D eigenvalue weighted by atomic mass is 35.5. The summed E-state index contributed by atoms with van der Waals surface area (Å²) in [5.41, 5.74) is 5.99. The van der Waals surface area contributed by atoms with Crippen LogP contribution in [0.3, 0.4) is 0 Å². The summed E-state index contributed by atoms with van der Waals surface area (Å²) in [4.78, 5) is 4.68. The van der Waals surface area contributed by atoms with Gasteiger partial charge in [0.25, 0.3) is 0 Å². The van der Waals surface area contributed by atoms with Gasteiger partial charge in [-0.25, -0.2) is 4.98 Å². The minimum atomic E-state index is 0.714. The lowest BCUT2D eigenvalue weighted by Gasteiger charge is -2.10. The number of fused-ring (bicyclic) bond motifs is 1. The molecule has 0 fully saturated rings. The van der Waals surface area contributed by atoms with Crippen LogP contribution in [0.15, 0.2) is 60.8 Å². The highest BCUT2D eigenvalue weighted by molar-refractivity contribution is 6.30. The predicted molar refractivity (Wildman–Crippen MR) is 103 cm³/mol. The summed E-state index contributed by atoms with van der Waals surface area (Å²) < 4.78 is 1.83. The summed E-state index contributed by atoms with van der Waals surface area (Å²) in [7, 11) is 0. The second-order valence-electron chi connectivity index (χ2n) is 6.08. The van der Waals surface area contributed by atoms with Crippen LogP contribution >= 0.6 is 11.6 Å². The van der Waals surface area contributed by atoms with E-state index < -0.39 is 0 Å². The number of hydrogen-bond acceptors (Lipinski definition) is 3. The van der Waals surface area contributed by atoms with Crippen molar-refractivity contribution in [3.63, 3.8) is 0 Å². The summed E-state index contributed by atoms with van der Waals surface area (Å²) >= 11 is 6.00. The fourth-order valence-corrected chi connectivity index (χ4v) is 3.00. The lowest BCUT2D eigenvalue weighted by Crippen LogP contribution is -2.02. The van der Waals surface area contributed by atoms with E-state index in [1.807, 2.05) is 60.1 Å². The number of aromatic nitrogens is 3. The van der Waals surface area contributed by atoms with Crippen LogP contribution in [0.1, 0.15) is 11.3 Å². The molecule has 2 aromatic heterocycles. The van der Waals surface area contributed by atoms with E-state index in [2.05, 4.69) is 34.5 Å². The lowest BCUT2D eigenvalue weighted by atomic mass is 10.1. The van der Waals surface area contributed by atoms with Crippen molar-refractivity contribution >= 4 is 28.8 Å². The molecule has 4 rings (SSSR count). The van der Waals surface area contributed by atoms with Gasteiger partial charge in [-0.2, -0.15) is 9.61 Å². The Bertz CT molecular complexity index is 1050. The number of nitrogens with zero attached hydrogens (tertiary/aromatic N) is 3. The van der Waals surface area contributed by atoms with Crippen molar-refractivity contribution in [2.24, 2.45) is 0 Å². The van der Waals surface area contributed by atoms with Gasteiger partial charge in [-0.05, 0) is 49.2 Å². The van der Waals surface area contributed by atoms with Gasteiger partial charge in [0.05, 0.1) is 6.20 Å². The van der Waals surface area contributed by atoms with E-state index in [-0.39, 0.29) is 0 Å². The van der Waals surface area contributed by atoms with Crippen LogP contribution in [0.4, 0.5) is 11.5 Å². The first-order valence-corrected chi connectivity index (χ1v) is 8.43. The predicted octanol–water partition coefficient (Wildman–Crippen LogP) is 5.41. The van der Waals surface area contributed by atoms with Gasteiger partial charge in [0.2, 0.25) is 0 Å². The molecule has 4 nitrogen and oxygen atoms in total. The van der Waals surface area contributed by atoms with Crippen molar-refractivity contribution in [1.82, 2.24) is 14.6 Å². The zero-order valence-corrected chi connectivity index (χ0v) is 14.7. The fourth-order valence-electron chi connectivity index (χ4n) is 2.88. The molecular formula is C20H17ClN4. The third kappa shape index (κ3) is 3.08. The standard InChI is InChI=1S/C20H17ClN4/c1-13-4-3-5-17(10-13)24-19-11-14(2)23-20-18(12-22-25(19)20)15-6-8-16(21)9-7-15/h3-12,24H,1-2H3. The van der Waals surface area contributed by atoms with Gasteiger partial charge in [-0.3, -0.25) is 0 Å². The van der Waals surface area contributed by atoms with Crippen LogP contribution < -0.4 is 5.32 Å². The van der Waals surface area contributed by atoms with E-state index in [1.54, 1.807) is 0 Å². The van der Waals surface area contributed by atoms with Gasteiger partial charge in [0, 0.05) is 28.0 Å². The Morgan fingerprint density at radius 2 is 1.80 bits per heavy atom. The summed E-state index contributed by atoms with van der Waals surface area (Å²) in [6.45, 7) is 4.06. The van der Waals surface area contributed by atoms with E-state index in [1.165, 1.54) is 5.56 Å². The van der Waals surface area contributed by atoms with E-state index >= 15 is 0 Å².